The first-order valence-electron chi connectivity index (χ1n) is 21.9. The third kappa shape index (κ3) is 33.9. The number of nitrogens with zero attached hydrogens (tertiary/aromatic N) is 2. The quantitative estimate of drug-likeness (QED) is 0.0151. The van der Waals surface area contributed by atoms with Gasteiger partial charge in [0.15, 0.2) is 5.96 Å². The molecule has 2 unspecified atom stereocenters. The lowest BCUT2D eigenvalue weighted by Gasteiger charge is -2.26. The van der Waals surface area contributed by atoms with Crippen molar-refractivity contribution in [3.63, 3.8) is 0 Å². The minimum Gasteiger partial charge on any atom is -0.461 e. The molecular formula is C43H81N7O6. The average Bonchev–Trinajstić information content (AvgIpc) is 3.18. The molecule has 56 heavy (non-hydrogen) atoms. The molecule has 0 bridgehead atoms. The van der Waals surface area contributed by atoms with Crippen molar-refractivity contribution in [3.8, 4) is 0 Å². The van der Waals surface area contributed by atoms with Crippen molar-refractivity contribution in [2.45, 2.75) is 180 Å². The molecule has 13 heteroatoms. The van der Waals surface area contributed by atoms with Gasteiger partial charge in [-0.15, -0.1) is 0 Å². The number of hydrogen-bond donors (Lipinski definition) is 5. The Morgan fingerprint density at radius 1 is 0.607 bits per heavy atom. The molecule has 2 amide bonds. The van der Waals surface area contributed by atoms with E-state index in [0.29, 0.717) is 58.5 Å². The second-order valence-electron chi connectivity index (χ2n) is 14.8. The molecule has 0 radical (unpaired) electrons. The molecule has 13 nitrogen and oxygen atoms in total. The van der Waals surface area contributed by atoms with E-state index in [1.54, 1.807) is 4.90 Å². The summed E-state index contributed by atoms with van der Waals surface area (Å²) in [7, 11) is 0. The van der Waals surface area contributed by atoms with Crippen LogP contribution >= 0.6 is 0 Å². The number of allylic oxidation sites excluding steroid dienone is 2. The number of nitrogens with two attached hydrogens (primary N) is 4. The summed E-state index contributed by atoms with van der Waals surface area (Å²) in [5.74, 6) is -0.920. The molecule has 2 atom stereocenters. The van der Waals surface area contributed by atoms with Crippen LogP contribution in [0.1, 0.15) is 168 Å². The van der Waals surface area contributed by atoms with Crippen LogP contribution in [0.2, 0.25) is 0 Å². The van der Waals surface area contributed by atoms with Crippen LogP contribution in [-0.2, 0) is 28.7 Å². The Morgan fingerprint density at radius 3 is 1.55 bits per heavy atom. The van der Waals surface area contributed by atoms with Gasteiger partial charge in [0.2, 0.25) is 11.8 Å². The fourth-order valence-electron chi connectivity index (χ4n) is 6.03. The normalized spacial score (nSPS) is 12.4. The van der Waals surface area contributed by atoms with Crippen molar-refractivity contribution in [3.05, 3.63) is 24.3 Å². The van der Waals surface area contributed by atoms with Crippen molar-refractivity contribution < 1.29 is 28.7 Å². The van der Waals surface area contributed by atoms with Gasteiger partial charge in [-0.3, -0.25) is 24.2 Å². The van der Waals surface area contributed by atoms with Gasteiger partial charge in [0.1, 0.15) is 19.3 Å². The predicted octanol–water partition coefficient (Wildman–Crippen LogP) is 6.46. The molecule has 0 spiro atoms. The Bertz CT molecular complexity index is 1040. The van der Waals surface area contributed by atoms with E-state index in [-0.39, 0.29) is 36.3 Å². The number of amides is 2. The summed E-state index contributed by atoms with van der Waals surface area (Å²) < 4.78 is 10.6. The molecule has 0 saturated carbocycles. The van der Waals surface area contributed by atoms with E-state index in [1.807, 2.05) is 12.2 Å². The Hall–Kier alpha value is -3.45. The van der Waals surface area contributed by atoms with Crippen LogP contribution in [0, 0.1) is 0 Å². The van der Waals surface area contributed by atoms with E-state index in [9.17, 15) is 19.2 Å². The third-order valence-electron chi connectivity index (χ3n) is 9.51. The number of guanidine groups is 1. The Morgan fingerprint density at radius 2 is 1.07 bits per heavy atom. The van der Waals surface area contributed by atoms with Crippen molar-refractivity contribution in [2.24, 2.45) is 27.9 Å². The number of hydrogen-bond acceptors (Lipinski definition) is 9. The minimum absolute atomic E-state index is 0.00847. The highest BCUT2D eigenvalue weighted by molar-refractivity contribution is 5.85. The van der Waals surface area contributed by atoms with Crippen LogP contribution in [0.15, 0.2) is 29.3 Å². The Labute approximate surface area is 339 Å². The van der Waals surface area contributed by atoms with Gasteiger partial charge in [0.05, 0.1) is 6.04 Å². The Kier molecular flexibility index (Phi) is 36.1. The number of unbranched alkanes of at least 4 members (excludes halogenated alkanes) is 16. The second-order valence-corrected chi connectivity index (χ2v) is 14.8. The number of ether oxygens (including phenoxy) is 2. The van der Waals surface area contributed by atoms with Gasteiger partial charge in [-0.05, 0) is 64.2 Å². The van der Waals surface area contributed by atoms with Crippen LogP contribution in [0.3, 0.4) is 0 Å². The average molecular weight is 792 g/mol. The van der Waals surface area contributed by atoms with E-state index in [2.05, 4.69) is 36.3 Å². The van der Waals surface area contributed by atoms with Gasteiger partial charge in [0, 0.05) is 39.0 Å². The molecule has 0 aliphatic carbocycles. The molecule has 9 N–H and O–H groups in total. The van der Waals surface area contributed by atoms with Crippen molar-refractivity contribution in [1.82, 2.24) is 10.2 Å². The number of esters is 2. The van der Waals surface area contributed by atoms with Gasteiger partial charge in [-0.1, -0.05) is 115 Å². The topological polar surface area (TPSA) is 218 Å². The zero-order chi connectivity index (χ0) is 41.5. The van der Waals surface area contributed by atoms with Gasteiger partial charge in [-0.2, -0.15) is 0 Å². The Balaban J connectivity index is 4.61. The largest absolute Gasteiger partial charge is 0.461 e. The van der Waals surface area contributed by atoms with Gasteiger partial charge in [0.25, 0.3) is 0 Å². The first kappa shape index (κ1) is 52.6. The maximum absolute atomic E-state index is 13.4. The van der Waals surface area contributed by atoms with E-state index in [4.69, 9.17) is 32.4 Å². The lowest BCUT2D eigenvalue weighted by atomic mass is 10.1. The summed E-state index contributed by atoms with van der Waals surface area (Å²) in [6, 6.07) is -1.65. The molecule has 0 aromatic rings. The molecule has 324 valence electrons. The summed E-state index contributed by atoms with van der Waals surface area (Å²) in [5, 5.41) is 2.72. The predicted molar refractivity (Wildman–Crippen MR) is 229 cm³/mol. The second kappa shape index (κ2) is 38.4. The summed E-state index contributed by atoms with van der Waals surface area (Å²) >= 11 is 0. The van der Waals surface area contributed by atoms with Crippen LogP contribution in [0.25, 0.3) is 0 Å². The molecule has 0 aromatic heterocycles. The fraction of sp³-hybridized carbons (Fsp3) is 0.791. The molecule has 0 heterocycles. The highest BCUT2D eigenvalue weighted by Crippen LogP contribution is 2.12. The van der Waals surface area contributed by atoms with Gasteiger partial charge < -0.3 is 42.6 Å². The van der Waals surface area contributed by atoms with Crippen molar-refractivity contribution in [2.75, 3.05) is 39.4 Å². The lowest BCUT2D eigenvalue weighted by Crippen LogP contribution is -2.52. The summed E-state index contributed by atoms with van der Waals surface area (Å²) in [6.07, 6.45) is 30.4. The molecule has 0 aromatic carbocycles. The first-order chi connectivity index (χ1) is 27.1. The van der Waals surface area contributed by atoms with Crippen molar-refractivity contribution >= 4 is 29.7 Å². The number of carbonyl (C=O) groups excluding carboxylic acids is 4. The zero-order valence-electron chi connectivity index (χ0n) is 35.3. The third-order valence-corrected chi connectivity index (χ3v) is 9.51. The number of rotatable bonds is 38. The summed E-state index contributed by atoms with van der Waals surface area (Å²) in [5.41, 5.74) is 23.0. The minimum atomic E-state index is -0.892. The SMILES string of the molecule is CCCCCCC=CCOC(=O)CCCCCCCN(CCCCCCCC(=O)OCC=CCCCCCC)C(=O)C(N)CNC(=O)C(N)CCCN=C(N)N. The number of carbonyl (C=O) groups is 4. The van der Waals surface area contributed by atoms with Crippen LogP contribution < -0.4 is 28.3 Å². The molecule has 0 rings (SSSR count). The van der Waals surface area contributed by atoms with Crippen LogP contribution in [0.5, 0.6) is 0 Å². The monoisotopic (exact) mass is 792 g/mol. The van der Waals surface area contributed by atoms with E-state index < -0.39 is 12.1 Å². The molecule has 0 saturated heterocycles. The summed E-state index contributed by atoms with van der Waals surface area (Å²) in [4.78, 5) is 55.8. The lowest BCUT2D eigenvalue weighted by molar-refractivity contribution is -0.143. The maximum Gasteiger partial charge on any atom is 0.306 e. The van der Waals surface area contributed by atoms with E-state index in [0.717, 1.165) is 77.0 Å². The van der Waals surface area contributed by atoms with E-state index in [1.165, 1.54) is 51.4 Å². The number of nitrogens with one attached hydrogen (secondary N) is 1. The molecule has 0 fully saturated rings. The molecule has 0 aliphatic heterocycles. The van der Waals surface area contributed by atoms with E-state index >= 15 is 0 Å². The van der Waals surface area contributed by atoms with Crippen LogP contribution in [-0.4, -0.2) is 86.1 Å². The maximum atomic E-state index is 13.4. The first-order valence-corrected chi connectivity index (χ1v) is 21.9. The fourth-order valence-corrected chi connectivity index (χ4v) is 6.03. The van der Waals surface area contributed by atoms with Crippen LogP contribution in [0.4, 0.5) is 0 Å². The highest BCUT2D eigenvalue weighted by atomic mass is 16.5. The van der Waals surface area contributed by atoms with Gasteiger partial charge in [-0.25, -0.2) is 0 Å². The number of aliphatic imine (C=N–C) groups is 1. The molecule has 0 aliphatic rings. The molecular weight excluding hydrogens is 711 g/mol. The smallest absolute Gasteiger partial charge is 0.306 e. The van der Waals surface area contributed by atoms with Crippen molar-refractivity contribution in [1.29, 1.82) is 0 Å². The zero-order valence-corrected chi connectivity index (χ0v) is 35.3. The summed E-state index contributed by atoms with van der Waals surface area (Å²) in [6.45, 7) is 6.57. The standard InChI is InChI=1S/C43H81N7O6/c1-3-5-7-9-11-19-25-34-55-39(51)29-21-15-13-17-23-32-50(42(54)38(45)36-49-41(53)37(44)28-27-31-48-43(46)47)33-24-18-14-16-22-30-40(52)56-35-26-20-12-10-8-6-4-2/h19-20,25-26,37-38H,3-18,21-24,27-36,44-45H2,1-2H3,(H,49,53)(H4,46,47,48). The van der Waals surface area contributed by atoms with Gasteiger partial charge >= 0.3 is 11.9 Å². The highest BCUT2D eigenvalue weighted by Gasteiger charge is 2.22.